The van der Waals surface area contributed by atoms with Gasteiger partial charge in [-0.25, -0.2) is 4.79 Å². The van der Waals surface area contributed by atoms with Crippen molar-refractivity contribution in [3.05, 3.63) is 57.0 Å². The largest absolute Gasteiger partial charge is 0.495 e. The van der Waals surface area contributed by atoms with Gasteiger partial charge in [-0.3, -0.25) is 14.9 Å². The van der Waals surface area contributed by atoms with Crippen LogP contribution in [0, 0.1) is 5.92 Å². The number of esters is 1. The number of nitrogens with one attached hydrogen (secondary N) is 1. The van der Waals surface area contributed by atoms with Gasteiger partial charge in [-0.15, -0.1) is 0 Å². The average Bonchev–Trinajstić information content (AvgIpc) is 3.68. The predicted molar refractivity (Wildman–Crippen MR) is 163 cm³/mol. The molecular formula is C30H38ClN5O9. The summed E-state index contributed by atoms with van der Waals surface area (Å²) in [5.41, 5.74) is 7.53. The maximum absolute atomic E-state index is 13.8. The minimum atomic E-state index is -2.05. The van der Waals surface area contributed by atoms with Crippen molar-refractivity contribution in [2.45, 2.75) is 88.7 Å². The van der Waals surface area contributed by atoms with Gasteiger partial charge in [-0.1, -0.05) is 47.4 Å². The number of carbonyl (C=O) groups is 3. The van der Waals surface area contributed by atoms with Crippen molar-refractivity contribution < 1.29 is 43.5 Å². The third-order valence-corrected chi connectivity index (χ3v) is 8.93. The molecule has 0 saturated carbocycles. The lowest BCUT2D eigenvalue weighted by Crippen LogP contribution is -2.63. The third kappa shape index (κ3) is 7.21. The molecule has 1 aromatic carbocycles. The quantitative estimate of drug-likeness (QED) is 0.143. The van der Waals surface area contributed by atoms with Crippen molar-refractivity contribution in [3.63, 3.8) is 0 Å². The lowest BCUT2D eigenvalue weighted by Gasteiger charge is -2.41. The van der Waals surface area contributed by atoms with E-state index in [1.54, 1.807) is 38.1 Å². The number of amides is 2. The molecule has 0 unspecified atom stereocenters. The number of aliphatic hydroxyl groups excluding tert-OH is 1. The maximum Gasteiger partial charge on any atom is 0.409 e. The second-order valence-electron chi connectivity index (χ2n) is 11.9. The summed E-state index contributed by atoms with van der Waals surface area (Å²) in [7, 11) is 3.00. The lowest BCUT2D eigenvalue weighted by molar-refractivity contribution is -0.154. The first-order valence-electron chi connectivity index (χ1n) is 14.4. The van der Waals surface area contributed by atoms with Crippen molar-refractivity contribution in [3.8, 4) is 5.75 Å². The van der Waals surface area contributed by atoms with Crippen LogP contribution in [0.25, 0.3) is 10.4 Å². The number of methoxy groups -OCH3 is 1. The number of anilines is 1. The Morgan fingerprint density at radius 2 is 2.07 bits per heavy atom. The van der Waals surface area contributed by atoms with Crippen molar-refractivity contribution >= 4 is 35.3 Å². The molecule has 14 nitrogen and oxygen atoms in total. The van der Waals surface area contributed by atoms with E-state index in [-0.39, 0.29) is 17.9 Å². The zero-order valence-electron chi connectivity index (χ0n) is 25.9. The summed E-state index contributed by atoms with van der Waals surface area (Å²) in [4.78, 5) is 43.2. The Morgan fingerprint density at radius 1 is 1.36 bits per heavy atom. The number of alkyl carbamates (subject to hydrolysis) is 1. The number of hydrogen-bond acceptors (Lipinski definition) is 10. The Kier molecular flexibility index (Phi) is 10.1. The van der Waals surface area contributed by atoms with E-state index in [9.17, 15) is 24.6 Å². The zero-order chi connectivity index (χ0) is 33.3. The maximum atomic E-state index is 13.8. The molecule has 0 radical (unpaired) electrons. The molecule has 3 heterocycles. The number of fused-ring (bicyclic) bond motifs is 5. The first-order valence-corrected chi connectivity index (χ1v) is 14.8. The standard InChI is InChI=1S/C30H38ClN5O9/c1-15-8-7-9-22(37)30(41)14-21(43-28(40)33-30)16(2)26-29(4,45-26)23(44-27(39)17(3)34-35-32)13-24(38)36(5)19-11-18(10-15)12-20(42-6)25(19)31/h7-9,11-12,16-17,21-23,26,37,41H,10,13-14H2,1-6H3,(H,33,40)/b9-7+,15-8+/t16-,17-,21-,22+,23-,26+,29-,30-/m0/s1. The first kappa shape index (κ1) is 34.1. The van der Waals surface area contributed by atoms with Crippen LogP contribution < -0.4 is 15.0 Å². The van der Waals surface area contributed by atoms with Crippen LogP contribution in [0.4, 0.5) is 10.5 Å². The van der Waals surface area contributed by atoms with Gasteiger partial charge in [0.1, 0.15) is 40.7 Å². The summed E-state index contributed by atoms with van der Waals surface area (Å²) in [6, 6.07) is 2.31. The van der Waals surface area contributed by atoms with Crippen molar-refractivity contribution in [2.24, 2.45) is 11.0 Å². The fourth-order valence-corrected chi connectivity index (χ4v) is 6.02. The molecule has 2 fully saturated rings. The van der Waals surface area contributed by atoms with Crippen LogP contribution in [0.1, 0.15) is 46.1 Å². The summed E-state index contributed by atoms with van der Waals surface area (Å²) < 4.78 is 22.8. The molecule has 0 spiro atoms. The molecular weight excluding hydrogens is 610 g/mol. The number of benzene rings is 1. The molecule has 8 atom stereocenters. The van der Waals surface area contributed by atoms with Crippen LogP contribution in [0.3, 0.4) is 0 Å². The third-order valence-electron chi connectivity index (χ3n) is 8.55. The predicted octanol–water partition coefficient (Wildman–Crippen LogP) is 3.71. The van der Waals surface area contributed by atoms with E-state index >= 15 is 0 Å². The molecule has 3 aliphatic heterocycles. The number of azide groups is 1. The summed E-state index contributed by atoms with van der Waals surface area (Å²) >= 11 is 6.64. The zero-order valence-corrected chi connectivity index (χ0v) is 26.6. The van der Waals surface area contributed by atoms with Crippen LogP contribution in [-0.2, 0) is 30.2 Å². The Balaban J connectivity index is 1.79. The molecule has 2 amide bonds. The minimum Gasteiger partial charge on any atom is -0.495 e. The summed E-state index contributed by atoms with van der Waals surface area (Å²) in [6.07, 6.45) is -0.609. The van der Waals surface area contributed by atoms with Crippen molar-refractivity contribution in [1.29, 1.82) is 0 Å². The minimum absolute atomic E-state index is 0.186. The van der Waals surface area contributed by atoms with Gasteiger partial charge in [-0.05, 0) is 50.4 Å². The van der Waals surface area contributed by atoms with Gasteiger partial charge in [0.15, 0.2) is 5.72 Å². The second-order valence-corrected chi connectivity index (χ2v) is 12.3. The molecule has 4 rings (SSSR count). The normalized spacial score (nSPS) is 34.5. The van der Waals surface area contributed by atoms with Gasteiger partial charge >= 0.3 is 12.1 Å². The van der Waals surface area contributed by atoms with Gasteiger partial charge in [0.25, 0.3) is 0 Å². The number of allylic oxidation sites excluding steroid dienone is 3. The number of ether oxygens (including phenoxy) is 4. The summed E-state index contributed by atoms with van der Waals surface area (Å²) in [5, 5.41) is 28.1. The number of hydrogen-bond donors (Lipinski definition) is 3. The summed E-state index contributed by atoms with van der Waals surface area (Å²) in [6.45, 7) is 6.60. The SMILES string of the molecule is COc1cc2cc(c1Cl)N(C)C(=O)C[C@H](OC(=O)[C@H](C)N=[N+]=[N-])[C@]1(C)O[C@@H]1[C@@H](C)[C@@H]1C[C@@](O)(NC(=O)O1)[C@H](O)/C=C/C=C(\C)C2. The van der Waals surface area contributed by atoms with Crippen LogP contribution in [-0.4, -0.2) is 84.1 Å². The average molecular weight is 648 g/mol. The number of nitrogens with zero attached hydrogens (tertiary/aromatic N) is 4. The van der Waals surface area contributed by atoms with Crippen molar-refractivity contribution in [2.75, 3.05) is 19.1 Å². The smallest absolute Gasteiger partial charge is 0.409 e. The molecule has 3 aliphatic rings. The van der Waals surface area contributed by atoms with Gasteiger partial charge in [0, 0.05) is 24.3 Å². The molecule has 2 saturated heterocycles. The Hall–Kier alpha value is -3.81. The number of epoxide rings is 1. The van der Waals surface area contributed by atoms with E-state index in [1.807, 2.05) is 6.92 Å². The fourth-order valence-electron chi connectivity index (χ4n) is 5.71. The monoisotopic (exact) mass is 647 g/mol. The van der Waals surface area contributed by atoms with E-state index in [1.165, 1.54) is 32.1 Å². The van der Waals surface area contributed by atoms with Crippen LogP contribution >= 0.6 is 11.6 Å². The second kappa shape index (κ2) is 13.3. The van der Waals surface area contributed by atoms with Gasteiger partial charge in [0.2, 0.25) is 5.91 Å². The molecule has 4 bridgehead atoms. The molecule has 15 heteroatoms. The molecule has 1 aromatic rings. The number of halogens is 1. The molecule has 3 N–H and O–H groups in total. The van der Waals surface area contributed by atoms with E-state index in [4.69, 9.17) is 36.1 Å². The highest BCUT2D eigenvalue weighted by Gasteiger charge is 2.64. The van der Waals surface area contributed by atoms with E-state index in [0.717, 1.165) is 11.1 Å². The van der Waals surface area contributed by atoms with Crippen molar-refractivity contribution in [1.82, 2.24) is 5.32 Å². The van der Waals surface area contributed by atoms with E-state index in [0.29, 0.717) is 17.9 Å². The highest BCUT2D eigenvalue weighted by atomic mass is 35.5. The van der Waals surface area contributed by atoms with Crippen LogP contribution in [0.15, 0.2) is 41.0 Å². The summed E-state index contributed by atoms with van der Waals surface area (Å²) in [5.74, 6) is -1.56. The Bertz CT molecular complexity index is 1460. The number of carbonyl (C=O) groups excluding carboxylic acids is 3. The van der Waals surface area contributed by atoms with Crippen LogP contribution in [0.2, 0.25) is 5.02 Å². The van der Waals surface area contributed by atoms with E-state index < -0.39 is 65.7 Å². The number of rotatable bonds is 4. The molecule has 0 aromatic heterocycles. The topological polar surface area (TPSA) is 196 Å². The Labute approximate surface area is 265 Å². The van der Waals surface area contributed by atoms with Gasteiger partial charge in [0.05, 0.1) is 25.3 Å². The van der Waals surface area contributed by atoms with Gasteiger partial charge < -0.3 is 34.1 Å². The molecule has 244 valence electrons. The lowest BCUT2D eigenvalue weighted by atomic mass is 9.83. The number of aliphatic hydroxyl groups is 2. The van der Waals surface area contributed by atoms with E-state index in [2.05, 4.69) is 15.3 Å². The highest BCUT2D eigenvalue weighted by molar-refractivity contribution is 6.35. The molecule has 45 heavy (non-hydrogen) atoms. The Morgan fingerprint density at radius 3 is 2.73 bits per heavy atom. The van der Waals surface area contributed by atoms with Gasteiger partial charge in [-0.2, -0.15) is 0 Å². The highest BCUT2D eigenvalue weighted by Crippen LogP contribution is 2.49. The first-order chi connectivity index (χ1) is 21.1. The van der Waals surface area contributed by atoms with Crippen LogP contribution in [0.5, 0.6) is 5.75 Å². The fraction of sp³-hybridized carbons (Fsp3) is 0.567. The molecule has 0 aliphatic carbocycles.